The number of imidazole rings is 1. The lowest BCUT2D eigenvalue weighted by Crippen LogP contribution is -2.25. The number of fused-ring (bicyclic) bond motifs is 1. The van der Waals surface area contributed by atoms with Crippen molar-refractivity contribution in [1.82, 2.24) is 39.7 Å². The molecule has 0 bridgehead atoms. The van der Waals surface area contributed by atoms with Crippen molar-refractivity contribution in [2.45, 2.75) is 31.4 Å². The Bertz CT molecular complexity index is 1850. The lowest BCUT2D eigenvalue weighted by atomic mass is 9.95. The Kier molecular flexibility index (Phi) is 6.09. The van der Waals surface area contributed by atoms with E-state index in [4.69, 9.17) is 31.8 Å². The minimum absolute atomic E-state index is 0.129. The number of carbonyl (C=O) groups excluding carboxylic acids is 1. The molecule has 1 amide bonds. The minimum Gasteiger partial charge on any atom is -0.410 e. The van der Waals surface area contributed by atoms with Gasteiger partial charge < -0.3 is 20.2 Å². The van der Waals surface area contributed by atoms with Crippen molar-refractivity contribution in [1.29, 1.82) is 0 Å². The second-order valence-electron chi connectivity index (χ2n) is 9.74. The highest BCUT2D eigenvalue weighted by atomic mass is 35.5. The van der Waals surface area contributed by atoms with E-state index in [0.29, 0.717) is 58.8 Å². The first-order chi connectivity index (χ1) is 19.9. The summed E-state index contributed by atoms with van der Waals surface area (Å²) in [6, 6.07) is 11.7. The maximum absolute atomic E-state index is 13.5. The monoisotopic (exact) mass is 571 g/mol. The number of primary amides is 1. The van der Waals surface area contributed by atoms with E-state index in [-0.39, 0.29) is 17.7 Å². The van der Waals surface area contributed by atoms with Crippen LogP contribution in [-0.4, -0.2) is 52.4 Å². The van der Waals surface area contributed by atoms with Crippen LogP contribution in [0.3, 0.4) is 0 Å². The van der Waals surface area contributed by atoms with Crippen LogP contribution in [0, 0.1) is 0 Å². The lowest BCUT2D eigenvalue weighted by molar-refractivity contribution is -0.0524. The highest BCUT2D eigenvalue weighted by molar-refractivity contribution is 6.31. The van der Waals surface area contributed by atoms with Crippen LogP contribution in [0.25, 0.3) is 28.2 Å². The number of nitrogens with zero attached hydrogens (tertiary/aromatic N) is 7. The number of aromatic amines is 1. The number of hydrogen-bond acceptors (Lipinski definition) is 9. The molecule has 206 valence electrons. The van der Waals surface area contributed by atoms with Crippen LogP contribution in [0.2, 0.25) is 5.02 Å². The molecule has 41 heavy (non-hydrogen) atoms. The molecule has 2 aliphatic heterocycles. The van der Waals surface area contributed by atoms with Crippen molar-refractivity contribution in [3.63, 3.8) is 0 Å². The number of nitrogens with two attached hydrogens (primary N) is 1. The van der Waals surface area contributed by atoms with Gasteiger partial charge in [0, 0.05) is 35.1 Å². The third kappa shape index (κ3) is 4.54. The molecule has 5 heterocycles. The first-order valence-electron chi connectivity index (χ1n) is 12.9. The first-order valence-corrected chi connectivity index (χ1v) is 13.3. The Morgan fingerprint density at radius 2 is 2.02 bits per heavy atom. The summed E-state index contributed by atoms with van der Waals surface area (Å²) in [7, 11) is 0. The van der Waals surface area contributed by atoms with Crippen LogP contribution < -0.4 is 16.0 Å². The number of aromatic nitrogens is 8. The molecule has 3 aromatic heterocycles. The van der Waals surface area contributed by atoms with Crippen molar-refractivity contribution < 1.29 is 14.3 Å². The standard InChI is InChI=1S/C27H22ClN9O4/c28-14-1-4-21(36-13-31-34-35-36)18(9-14)19-11-25(38)37-22(5-6-24(37)32-19)26-30-12-20(33-26)16-3-2-15(41-27(29)39)10-17(16)23-7-8-40-23/h1-4,9-13,22-23H,5-8H2,(H2,29,39)(H,30,33)/t22-,23?/m0/s1. The van der Waals surface area contributed by atoms with E-state index in [1.54, 1.807) is 41.1 Å². The second-order valence-corrected chi connectivity index (χ2v) is 10.2. The van der Waals surface area contributed by atoms with E-state index >= 15 is 0 Å². The Morgan fingerprint density at radius 1 is 1.15 bits per heavy atom. The van der Waals surface area contributed by atoms with Crippen molar-refractivity contribution >= 4 is 17.7 Å². The van der Waals surface area contributed by atoms with E-state index < -0.39 is 6.09 Å². The minimum atomic E-state index is -0.883. The number of tetrazole rings is 1. The third-order valence-electron chi connectivity index (χ3n) is 7.30. The number of rotatable bonds is 6. The third-order valence-corrected chi connectivity index (χ3v) is 7.53. The molecule has 2 aliphatic rings. The zero-order chi connectivity index (χ0) is 28.1. The van der Waals surface area contributed by atoms with E-state index in [0.717, 1.165) is 23.2 Å². The van der Waals surface area contributed by atoms with Gasteiger partial charge in [0.05, 0.1) is 42.0 Å². The van der Waals surface area contributed by atoms with Gasteiger partial charge in [0.25, 0.3) is 5.56 Å². The highest BCUT2D eigenvalue weighted by Gasteiger charge is 2.30. The zero-order valence-electron chi connectivity index (χ0n) is 21.4. The first kappa shape index (κ1) is 25.1. The zero-order valence-corrected chi connectivity index (χ0v) is 22.2. The number of aryl methyl sites for hydroxylation is 1. The molecule has 2 atom stereocenters. The molecule has 1 fully saturated rings. The molecule has 0 radical (unpaired) electrons. The number of carbonyl (C=O) groups is 1. The van der Waals surface area contributed by atoms with Gasteiger partial charge in [0.2, 0.25) is 0 Å². The second kappa shape index (κ2) is 9.94. The Labute approximate surface area is 236 Å². The molecular formula is C27H22ClN9O4. The number of H-pyrrole nitrogens is 1. The summed E-state index contributed by atoms with van der Waals surface area (Å²) in [6.45, 7) is 0.655. The molecule has 14 heteroatoms. The van der Waals surface area contributed by atoms with Crippen LogP contribution in [0.15, 0.2) is 59.8 Å². The van der Waals surface area contributed by atoms with Crippen molar-refractivity contribution in [3.8, 4) is 34.0 Å². The number of ether oxygens (including phenoxy) is 2. The number of benzene rings is 2. The molecule has 3 N–H and O–H groups in total. The van der Waals surface area contributed by atoms with Crippen LogP contribution in [0.5, 0.6) is 5.75 Å². The van der Waals surface area contributed by atoms with E-state index in [9.17, 15) is 9.59 Å². The fraction of sp³-hybridized carbons (Fsp3) is 0.222. The molecule has 0 aliphatic carbocycles. The van der Waals surface area contributed by atoms with Crippen molar-refractivity contribution in [2.75, 3.05) is 6.61 Å². The van der Waals surface area contributed by atoms with Crippen LogP contribution in [0.4, 0.5) is 4.79 Å². The average Bonchev–Trinajstić information content (AvgIpc) is 3.68. The highest BCUT2D eigenvalue weighted by Crippen LogP contribution is 2.39. The van der Waals surface area contributed by atoms with Crippen molar-refractivity contribution in [2.24, 2.45) is 5.73 Å². The smallest absolute Gasteiger partial charge is 0.409 e. The number of nitrogens with one attached hydrogen (secondary N) is 1. The van der Waals surface area contributed by atoms with Gasteiger partial charge in [-0.2, -0.15) is 4.68 Å². The molecule has 1 saturated heterocycles. The van der Waals surface area contributed by atoms with Gasteiger partial charge in [0.1, 0.15) is 23.7 Å². The Morgan fingerprint density at radius 3 is 2.78 bits per heavy atom. The summed E-state index contributed by atoms with van der Waals surface area (Å²) >= 11 is 6.30. The van der Waals surface area contributed by atoms with Crippen LogP contribution in [0.1, 0.15) is 42.2 Å². The molecule has 7 rings (SSSR count). The van der Waals surface area contributed by atoms with Crippen LogP contribution in [-0.2, 0) is 11.2 Å². The molecule has 5 aromatic rings. The van der Waals surface area contributed by atoms with Gasteiger partial charge in [-0.05, 0) is 58.8 Å². The summed E-state index contributed by atoms with van der Waals surface area (Å²) < 4.78 is 14.0. The summed E-state index contributed by atoms with van der Waals surface area (Å²) in [5, 5.41) is 11.9. The summed E-state index contributed by atoms with van der Waals surface area (Å²) in [6.07, 6.45) is 4.27. The maximum Gasteiger partial charge on any atom is 0.409 e. The predicted molar refractivity (Wildman–Crippen MR) is 146 cm³/mol. The summed E-state index contributed by atoms with van der Waals surface area (Å²) in [4.78, 5) is 37.6. The lowest BCUT2D eigenvalue weighted by Gasteiger charge is -2.28. The van der Waals surface area contributed by atoms with Gasteiger partial charge in [-0.15, -0.1) is 5.10 Å². The van der Waals surface area contributed by atoms with Gasteiger partial charge in [-0.3, -0.25) is 9.36 Å². The maximum atomic E-state index is 13.5. The Balaban J connectivity index is 1.23. The van der Waals surface area contributed by atoms with Gasteiger partial charge in [-0.1, -0.05) is 11.6 Å². The van der Waals surface area contributed by atoms with Gasteiger partial charge >= 0.3 is 6.09 Å². The van der Waals surface area contributed by atoms with Crippen molar-refractivity contribution in [3.05, 3.63) is 87.6 Å². The Hall–Kier alpha value is -4.88. The van der Waals surface area contributed by atoms with E-state index in [1.165, 1.54) is 17.1 Å². The average molecular weight is 572 g/mol. The van der Waals surface area contributed by atoms with Gasteiger partial charge in [-0.25, -0.2) is 14.8 Å². The van der Waals surface area contributed by atoms with Crippen LogP contribution >= 0.6 is 11.6 Å². The molecule has 13 nitrogen and oxygen atoms in total. The molecule has 0 spiro atoms. The summed E-state index contributed by atoms with van der Waals surface area (Å²) in [5.41, 5.74) is 9.25. The fourth-order valence-corrected chi connectivity index (χ4v) is 5.55. The number of hydrogen-bond donors (Lipinski definition) is 2. The largest absolute Gasteiger partial charge is 0.410 e. The SMILES string of the molecule is NC(=O)Oc1ccc(-c2cnc([C@@H]3CCc4nc(-c5cc(Cl)ccc5-n5cnnn5)cc(=O)n43)[nH]2)c(C2CCO2)c1. The molecule has 2 aromatic carbocycles. The number of amides is 1. The fourth-order valence-electron chi connectivity index (χ4n) is 5.38. The van der Waals surface area contributed by atoms with E-state index in [2.05, 4.69) is 25.5 Å². The molecular weight excluding hydrogens is 550 g/mol. The van der Waals surface area contributed by atoms with Gasteiger partial charge in [0.15, 0.2) is 0 Å². The topological polar surface area (TPSA) is 169 Å². The normalized spacial score (nSPS) is 17.7. The predicted octanol–water partition coefficient (Wildman–Crippen LogP) is 3.38. The quantitative estimate of drug-likeness (QED) is 0.310. The summed E-state index contributed by atoms with van der Waals surface area (Å²) in [5.74, 6) is 1.63. The molecule has 1 unspecified atom stereocenters. The molecule has 0 saturated carbocycles. The number of halogens is 1. The van der Waals surface area contributed by atoms with E-state index in [1.807, 2.05) is 6.07 Å².